The van der Waals surface area contributed by atoms with Gasteiger partial charge in [0.2, 0.25) is 21.8 Å². The summed E-state index contributed by atoms with van der Waals surface area (Å²) in [5, 5.41) is 2.80. The first-order valence-corrected chi connectivity index (χ1v) is 10.7. The van der Waals surface area contributed by atoms with Crippen molar-refractivity contribution in [1.82, 2.24) is 9.21 Å². The van der Waals surface area contributed by atoms with Gasteiger partial charge < -0.3 is 10.2 Å². The van der Waals surface area contributed by atoms with Crippen molar-refractivity contribution in [2.75, 3.05) is 25.0 Å². The molecule has 0 bridgehead atoms. The molecule has 27 heavy (non-hydrogen) atoms. The standard InChI is InChI=1S/C19H27N3O4S/c1-19(2,3)22-13-14(12-17(22)23)18(24)20-15-6-8-16(9-7-15)27(25,26)21-10-4-5-11-21/h6-9,14H,4-5,10-13H2,1-3H3,(H,20,24)/t14-/m1/s1. The predicted molar refractivity (Wildman–Crippen MR) is 103 cm³/mol. The van der Waals surface area contributed by atoms with E-state index in [2.05, 4.69) is 5.32 Å². The summed E-state index contributed by atoms with van der Waals surface area (Å²) in [4.78, 5) is 26.6. The Morgan fingerprint density at radius 1 is 1.11 bits per heavy atom. The first-order valence-electron chi connectivity index (χ1n) is 9.30. The van der Waals surface area contributed by atoms with E-state index >= 15 is 0 Å². The fourth-order valence-electron chi connectivity index (χ4n) is 3.56. The predicted octanol–water partition coefficient (Wildman–Crippen LogP) is 2.06. The van der Waals surface area contributed by atoms with E-state index in [9.17, 15) is 18.0 Å². The zero-order valence-electron chi connectivity index (χ0n) is 16.1. The lowest BCUT2D eigenvalue weighted by Gasteiger charge is -2.31. The molecule has 1 aromatic carbocycles. The third kappa shape index (κ3) is 4.16. The Morgan fingerprint density at radius 3 is 2.22 bits per heavy atom. The fraction of sp³-hybridized carbons (Fsp3) is 0.579. The van der Waals surface area contributed by atoms with Gasteiger partial charge in [0, 0.05) is 37.3 Å². The highest BCUT2D eigenvalue weighted by Gasteiger charge is 2.39. The Hall–Kier alpha value is -1.93. The van der Waals surface area contributed by atoms with E-state index in [4.69, 9.17) is 0 Å². The number of carbonyl (C=O) groups is 2. The van der Waals surface area contributed by atoms with Crippen LogP contribution < -0.4 is 5.32 Å². The molecule has 0 unspecified atom stereocenters. The molecule has 0 saturated carbocycles. The van der Waals surface area contributed by atoms with Crippen molar-refractivity contribution in [1.29, 1.82) is 0 Å². The van der Waals surface area contributed by atoms with Gasteiger partial charge in [-0.15, -0.1) is 0 Å². The molecule has 0 aliphatic carbocycles. The summed E-state index contributed by atoms with van der Waals surface area (Å²) in [6, 6.07) is 6.23. The van der Waals surface area contributed by atoms with E-state index in [1.165, 1.54) is 16.4 Å². The Kier molecular flexibility index (Phi) is 5.31. The van der Waals surface area contributed by atoms with Crippen molar-refractivity contribution in [2.24, 2.45) is 5.92 Å². The number of sulfonamides is 1. The summed E-state index contributed by atoms with van der Waals surface area (Å²) in [5.74, 6) is -0.635. The molecule has 2 heterocycles. The second kappa shape index (κ2) is 7.24. The van der Waals surface area contributed by atoms with E-state index < -0.39 is 15.9 Å². The molecule has 2 saturated heterocycles. The van der Waals surface area contributed by atoms with Crippen molar-refractivity contribution in [2.45, 2.75) is 50.5 Å². The molecule has 2 aliphatic rings. The van der Waals surface area contributed by atoms with Gasteiger partial charge in [-0.25, -0.2) is 8.42 Å². The van der Waals surface area contributed by atoms with E-state index in [0.717, 1.165) is 12.8 Å². The average Bonchev–Trinajstić information content (AvgIpc) is 3.24. The van der Waals surface area contributed by atoms with Gasteiger partial charge in [-0.1, -0.05) is 0 Å². The average molecular weight is 394 g/mol. The summed E-state index contributed by atoms with van der Waals surface area (Å²) in [6.07, 6.45) is 1.97. The van der Waals surface area contributed by atoms with Gasteiger partial charge in [0.05, 0.1) is 10.8 Å². The summed E-state index contributed by atoms with van der Waals surface area (Å²) in [6.45, 7) is 7.36. The number of nitrogens with one attached hydrogen (secondary N) is 1. The molecular weight excluding hydrogens is 366 g/mol. The Labute approximate surface area is 160 Å². The maximum atomic E-state index is 12.5. The number of carbonyl (C=O) groups excluding carboxylic acids is 2. The lowest BCUT2D eigenvalue weighted by atomic mass is 10.1. The van der Waals surface area contributed by atoms with Crippen LogP contribution in [0.1, 0.15) is 40.0 Å². The molecule has 2 aliphatic heterocycles. The second-order valence-corrected chi connectivity index (χ2v) is 10.1. The quantitative estimate of drug-likeness (QED) is 0.848. The van der Waals surface area contributed by atoms with E-state index in [0.29, 0.717) is 25.3 Å². The van der Waals surface area contributed by atoms with E-state index in [1.54, 1.807) is 17.0 Å². The molecule has 148 valence electrons. The maximum absolute atomic E-state index is 12.5. The van der Waals surface area contributed by atoms with Gasteiger partial charge >= 0.3 is 0 Å². The molecule has 2 fully saturated rings. The minimum Gasteiger partial charge on any atom is -0.337 e. The van der Waals surface area contributed by atoms with Gasteiger partial charge in [-0.3, -0.25) is 9.59 Å². The number of anilines is 1. The van der Waals surface area contributed by atoms with E-state index in [-0.39, 0.29) is 28.7 Å². The first-order chi connectivity index (χ1) is 12.6. The highest BCUT2D eigenvalue weighted by molar-refractivity contribution is 7.89. The van der Waals surface area contributed by atoms with Crippen molar-refractivity contribution in [3.63, 3.8) is 0 Å². The van der Waals surface area contributed by atoms with E-state index in [1.807, 2.05) is 20.8 Å². The van der Waals surface area contributed by atoms with Crippen LogP contribution in [0.5, 0.6) is 0 Å². The highest BCUT2D eigenvalue weighted by atomic mass is 32.2. The largest absolute Gasteiger partial charge is 0.337 e. The van der Waals surface area contributed by atoms with Gasteiger partial charge in [0.1, 0.15) is 0 Å². The summed E-state index contributed by atoms with van der Waals surface area (Å²) < 4.78 is 26.6. The lowest BCUT2D eigenvalue weighted by molar-refractivity contribution is -0.131. The van der Waals surface area contributed by atoms with Crippen LogP contribution in [0.15, 0.2) is 29.2 Å². The monoisotopic (exact) mass is 393 g/mol. The van der Waals surface area contributed by atoms with Crippen LogP contribution in [0, 0.1) is 5.92 Å². The molecule has 1 N–H and O–H groups in total. The number of rotatable bonds is 4. The summed E-state index contributed by atoms with van der Waals surface area (Å²) in [7, 11) is -3.46. The van der Waals surface area contributed by atoms with Crippen molar-refractivity contribution in [3.8, 4) is 0 Å². The third-order valence-electron chi connectivity index (χ3n) is 5.13. The van der Waals surface area contributed by atoms with Crippen LogP contribution in [-0.4, -0.2) is 54.6 Å². The molecule has 8 heteroatoms. The third-order valence-corrected chi connectivity index (χ3v) is 7.04. The van der Waals surface area contributed by atoms with Crippen LogP contribution in [0.4, 0.5) is 5.69 Å². The van der Waals surface area contributed by atoms with Gasteiger partial charge in [-0.2, -0.15) is 4.31 Å². The van der Waals surface area contributed by atoms with Crippen LogP contribution in [-0.2, 0) is 19.6 Å². The Bertz CT molecular complexity index is 822. The lowest BCUT2D eigenvalue weighted by Crippen LogP contribution is -2.42. The second-order valence-electron chi connectivity index (χ2n) is 8.20. The van der Waals surface area contributed by atoms with Crippen molar-refractivity contribution < 1.29 is 18.0 Å². The molecule has 0 radical (unpaired) electrons. The SMILES string of the molecule is CC(C)(C)N1C[C@H](C(=O)Nc2ccc(S(=O)(=O)N3CCCC3)cc2)CC1=O. The molecule has 0 spiro atoms. The number of hydrogen-bond acceptors (Lipinski definition) is 4. The smallest absolute Gasteiger partial charge is 0.243 e. The number of nitrogens with zero attached hydrogens (tertiary/aromatic N) is 2. The van der Waals surface area contributed by atoms with Crippen LogP contribution in [0.2, 0.25) is 0 Å². The molecule has 2 amide bonds. The zero-order chi connectivity index (χ0) is 19.8. The van der Waals surface area contributed by atoms with Crippen LogP contribution in [0.3, 0.4) is 0 Å². The van der Waals surface area contributed by atoms with Crippen molar-refractivity contribution in [3.05, 3.63) is 24.3 Å². The minimum atomic E-state index is -3.46. The number of likely N-dealkylation sites (tertiary alicyclic amines) is 1. The normalized spacial score (nSPS) is 21.7. The van der Waals surface area contributed by atoms with Crippen molar-refractivity contribution >= 4 is 27.5 Å². The maximum Gasteiger partial charge on any atom is 0.243 e. The molecule has 1 atom stereocenters. The fourth-order valence-corrected chi connectivity index (χ4v) is 5.08. The molecule has 7 nitrogen and oxygen atoms in total. The van der Waals surface area contributed by atoms with Crippen LogP contribution >= 0.6 is 0 Å². The topological polar surface area (TPSA) is 86.8 Å². The number of benzene rings is 1. The van der Waals surface area contributed by atoms with Gasteiger partial charge in [0.25, 0.3) is 0 Å². The number of hydrogen-bond donors (Lipinski definition) is 1. The minimum absolute atomic E-state index is 0.0188. The zero-order valence-corrected chi connectivity index (χ0v) is 16.9. The van der Waals surface area contributed by atoms with Crippen LogP contribution in [0.25, 0.3) is 0 Å². The number of amides is 2. The van der Waals surface area contributed by atoms with Gasteiger partial charge in [0.15, 0.2) is 0 Å². The summed E-state index contributed by atoms with van der Waals surface area (Å²) >= 11 is 0. The molecule has 0 aromatic heterocycles. The van der Waals surface area contributed by atoms with Gasteiger partial charge in [-0.05, 0) is 57.9 Å². The summed E-state index contributed by atoms with van der Waals surface area (Å²) in [5.41, 5.74) is 0.222. The highest BCUT2D eigenvalue weighted by Crippen LogP contribution is 2.27. The molecular formula is C19H27N3O4S. The first kappa shape index (κ1) is 19.8. The Balaban J connectivity index is 1.65. The molecule has 3 rings (SSSR count). The molecule has 1 aromatic rings. The Morgan fingerprint density at radius 2 is 1.70 bits per heavy atom.